The van der Waals surface area contributed by atoms with Gasteiger partial charge in [0.25, 0.3) is 0 Å². The van der Waals surface area contributed by atoms with Gasteiger partial charge in [0.2, 0.25) is 0 Å². The molecule has 3 rings (SSSR count). The molecule has 0 aliphatic carbocycles. The SMILES string of the molecule is CCCCCCCCCCCCCCCc1cc(O)c(Cl)c(Oc2ccc(N=Nc3ccccc3)cc2)c1O. The van der Waals surface area contributed by atoms with Crippen molar-refractivity contribution in [1.29, 1.82) is 0 Å². The highest BCUT2D eigenvalue weighted by Gasteiger charge is 2.18. The Labute approximate surface area is 238 Å². The molecule has 0 atom stereocenters. The van der Waals surface area contributed by atoms with Crippen LogP contribution in [0.25, 0.3) is 0 Å². The Bertz CT molecular complexity index is 1130. The van der Waals surface area contributed by atoms with E-state index in [0.29, 0.717) is 23.4 Å². The van der Waals surface area contributed by atoms with Gasteiger partial charge in [-0.1, -0.05) is 114 Å². The summed E-state index contributed by atoms with van der Waals surface area (Å²) in [7, 11) is 0. The first-order chi connectivity index (χ1) is 19.1. The predicted molar refractivity (Wildman–Crippen MR) is 161 cm³/mol. The van der Waals surface area contributed by atoms with Gasteiger partial charge in [-0.05, 0) is 55.3 Å². The summed E-state index contributed by atoms with van der Waals surface area (Å²) in [6.07, 6.45) is 17.3. The average Bonchev–Trinajstić information content (AvgIpc) is 2.96. The van der Waals surface area contributed by atoms with E-state index in [1.165, 1.54) is 76.7 Å². The van der Waals surface area contributed by atoms with Crippen LogP contribution in [-0.2, 0) is 6.42 Å². The normalized spacial score (nSPS) is 11.3. The van der Waals surface area contributed by atoms with Crippen molar-refractivity contribution in [2.75, 3.05) is 0 Å². The lowest BCUT2D eigenvalue weighted by molar-refractivity contribution is 0.398. The topological polar surface area (TPSA) is 74.4 Å². The fourth-order valence-corrected chi connectivity index (χ4v) is 4.77. The van der Waals surface area contributed by atoms with Crippen molar-refractivity contribution < 1.29 is 14.9 Å². The second kappa shape index (κ2) is 17.5. The number of benzene rings is 3. The molecule has 0 spiro atoms. The number of hydrogen-bond donors (Lipinski definition) is 2. The first-order valence-corrected chi connectivity index (χ1v) is 14.9. The van der Waals surface area contributed by atoms with Gasteiger partial charge >= 0.3 is 0 Å². The summed E-state index contributed by atoms with van der Waals surface area (Å²) >= 11 is 6.29. The van der Waals surface area contributed by atoms with Gasteiger partial charge in [0, 0.05) is 5.56 Å². The Morgan fingerprint density at radius 2 is 1.18 bits per heavy atom. The van der Waals surface area contributed by atoms with E-state index in [9.17, 15) is 10.2 Å². The molecule has 2 N–H and O–H groups in total. The smallest absolute Gasteiger partial charge is 0.191 e. The maximum absolute atomic E-state index is 10.9. The standard InChI is InChI=1S/C33H43ClN2O3/c1-2-3-4-5-6-7-8-9-10-11-12-13-15-18-26-25-30(37)31(34)33(32(26)38)39-29-23-21-28(22-24-29)36-35-27-19-16-14-17-20-27/h14,16-17,19-25,37-38H,2-13,15,18H2,1H3. The Kier molecular flexibility index (Phi) is 13.7. The van der Waals surface area contributed by atoms with E-state index in [-0.39, 0.29) is 22.3 Å². The van der Waals surface area contributed by atoms with E-state index in [1.54, 1.807) is 24.3 Å². The molecule has 0 fully saturated rings. The number of rotatable bonds is 18. The van der Waals surface area contributed by atoms with Gasteiger partial charge in [0.05, 0.1) is 11.4 Å². The van der Waals surface area contributed by atoms with Gasteiger partial charge in [0.1, 0.15) is 16.5 Å². The highest BCUT2D eigenvalue weighted by atomic mass is 35.5. The third-order valence-electron chi connectivity index (χ3n) is 6.90. The average molecular weight is 551 g/mol. The summed E-state index contributed by atoms with van der Waals surface area (Å²) < 4.78 is 5.88. The van der Waals surface area contributed by atoms with Crippen molar-refractivity contribution in [2.45, 2.75) is 96.8 Å². The molecule has 0 saturated heterocycles. The monoisotopic (exact) mass is 550 g/mol. The van der Waals surface area contributed by atoms with Crippen molar-refractivity contribution in [3.63, 3.8) is 0 Å². The first-order valence-electron chi connectivity index (χ1n) is 14.6. The van der Waals surface area contributed by atoms with Crippen molar-refractivity contribution in [3.05, 3.63) is 71.2 Å². The summed E-state index contributed by atoms with van der Waals surface area (Å²) in [6.45, 7) is 2.26. The lowest BCUT2D eigenvalue weighted by Gasteiger charge is -2.14. The minimum Gasteiger partial charge on any atom is -0.506 e. The van der Waals surface area contributed by atoms with Crippen LogP contribution in [0.1, 0.15) is 96.0 Å². The summed E-state index contributed by atoms with van der Waals surface area (Å²) in [5.74, 6) is 0.426. The summed E-state index contributed by atoms with van der Waals surface area (Å²) in [5.41, 5.74) is 2.08. The number of ether oxygens (including phenoxy) is 1. The predicted octanol–water partition coefficient (Wildman–Crippen LogP) is 11.6. The molecule has 6 heteroatoms. The van der Waals surface area contributed by atoms with Crippen molar-refractivity contribution in [3.8, 4) is 23.0 Å². The van der Waals surface area contributed by atoms with E-state index in [4.69, 9.17) is 16.3 Å². The van der Waals surface area contributed by atoms with Crippen LogP contribution in [0.4, 0.5) is 11.4 Å². The number of halogens is 1. The van der Waals surface area contributed by atoms with E-state index in [1.807, 2.05) is 30.3 Å². The minimum absolute atomic E-state index is 0.00513. The van der Waals surface area contributed by atoms with Gasteiger partial charge in [0.15, 0.2) is 11.5 Å². The fourth-order valence-electron chi connectivity index (χ4n) is 4.59. The summed E-state index contributed by atoms with van der Waals surface area (Å²) in [6, 6.07) is 18.0. The maximum Gasteiger partial charge on any atom is 0.191 e. The van der Waals surface area contributed by atoms with Crippen molar-refractivity contribution >= 4 is 23.0 Å². The zero-order valence-electron chi connectivity index (χ0n) is 23.2. The lowest BCUT2D eigenvalue weighted by Crippen LogP contribution is -1.93. The second-order valence-electron chi connectivity index (χ2n) is 10.2. The summed E-state index contributed by atoms with van der Waals surface area (Å²) in [5, 5.41) is 29.6. The number of aryl methyl sites for hydroxylation is 1. The molecule has 0 aromatic heterocycles. The number of hydrogen-bond acceptors (Lipinski definition) is 5. The van der Waals surface area contributed by atoms with E-state index >= 15 is 0 Å². The molecule has 3 aromatic carbocycles. The maximum atomic E-state index is 10.9. The number of aromatic hydroxyl groups is 2. The van der Waals surface area contributed by atoms with Gasteiger partial charge in [-0.2, -0.15) is 10.2 Å². The van der Waals surface area contributed by atoms with E-state index < -0.39 is 0 Å². The van der Waals surface area contributed by atoms with Crippen LogP contribution in [0.15, 0.2) is 70.9 Å². The van der Waals surface area contributed by atoms with Gasteiger partial charge in [-0.3, -0.25) is 0 Å². The molecular formula is C33H43ClN2O3. The number of azo groups is 1. The second-order valence-corrected chi connectivity index (χ2v) is 10.5. The van der Waals surface area contributed by atoms with Gasteiger partial charge in [-0.25, -0.2) is 0 Å². The molecule has 0 radical (unpaired) electrons. The van der Waals surface area contributed by atoms with Crippen LogP contribution in [0.2, 0.25) is 5.02 Å². The molecule has 0 aliphatic rings. The Balaban J connectivity index is 1.42. The zero-order chi connectivity index (χ0) is 27.7. The van der Waals surface area contributed by atoms with Gasteiger partial charge < -0.3 is 14.9 Å². The lowest BCUT2D eigenvalue weighted by atomic mass is 10.0. The molecule has 0 saturated carbocycles. The van der Waals surface area contributed by atoms with Crippen LogP contribution in [0.5, 0.6) is 23.0 Å². The van der Waals surface area contributed by atoms with Crippen molar-refractivity contribution in [2.24, 2.45) is 10.2 Å². The van der Waals surface area contributed by atoms with Crippen molar-refractivity contribution in [1.82, 2.24) is 0 Å². The molecule has 0 amide bonds. The quantitative estimate of drug-likeness (QED) is 0.0939. The van der Waals surface area contributed by atoms with Crippen LogP contribution in [-0.4, -0.2) is 10.2 Å². The third kappa shape index (κ3) is 10.9. The molecule has 0 aliphatic heterocycles. The molecule has 0 heterocycles. The molecular weight excluding hydrogens is 508 g/mol. The molecule has 3 aromatic rings. The van der Waals surface area contributed by atoms with E-state index in [0.717, 1.165) is 18.5 Å². The van der Waals surface area contributed by atoms with E-state index in [2.05, 4.69) is 17.2 Å². The number of phenols is 2. The number of unbranched alkanes of at least 4 members (excludes halogenated alkanes) is 12. The molecule has 39 heavy (non-hydrogen) atoms. The van der Waals surface area contributed by atoms with Crippen LogP contribution >= 0.6 is 11.6 Å². The fraction of sp³-hybridized carbons (Fsp3) is 0.455. The van der Waals surface area contributed by atoms with Crippen LogP contribution < -0.4 is 4.74 Å². The Morgan fingerprint density at radius 3 is 1.74 bits per heavy atom. The highest BCUT2D eigenvalue weighted by molar-refractivity contribution is 6.33. The highest BCUT2D eigenvalue weighted by Crippen LogP contribution is 2.45. The molecule has 210 valence electrons. The van der Waals surface area contributed by atoms with Crippen LogP contribution in [0, 0.1) is 0 Å². The Morgan fingerprint density at radius 1 is 0.667 bits per heavy atom. The molecule has 0 bridgehead atoms. The first kappa shape index (κ1) is 30.5. The number of nitrogens with zero attached hydrogens (tertiary/aromatic N) is 2. The molecule has 5 nitrogen and oxygen atoms in total. The zero-order valence-corrected chi connectivity index (χ0v) is 24.0. The van der Waals surface area contributed by atoms with Crippen LogP contribution in [0.3, 0.4) is 0 Å². The summed E-state index contributed by atoms with van der Waals surface area (Å²) in [4.78, 5) is 0. The minimum atomic E-state index is -0.0950. The largest absolute Gasteiger partial charge is 0.506 e. The number of phenolic OH excluding ortho intramolecular Hbond substituents is 2. The third-order valence-corrected chi connectivity index (χ3v) is 7.26. The van der Waals surface area contributed by atoms with Gasteiger partial charge in [-0.15, -0.1) is 0 Å². The Hall–Kier alpha value is -3.05. The molecule has 0 unspecified atom stereocenters.